The van der Waals surface area contributed by atoms with Gasteiger partial charge in [0.2, 0.25) is 0 Å². The Kier molecular flexibility index (Phi) is 3.40. The van der Waals surface area contributed by atoms with E-state index >= 15 is 0 Å². The van der Waals surface area contributed by atoms with Crippen LogP contribution in [0.25, 0.3) is 0 Å². The molecule has 0 saturated heterocycles. The third kappa shape index (κ3) is 2.63. The van der Waals surface area contributed by atoms with Gasteiger partial charge < -0.3 is 14.6 Å². The predicted octanol–water partition coefficient (Wildman–Crippen LogP) is 1.61. The average Bonchev–Trinajstić information content (AvgIpc) is 2.90. The summed E-state index contributed by atoms with van der Waals surface area (Å²) in [6, 6.07) is 7.52. The molecule has 1 N–H and O–H groups in total. The van der Waals surface area contributed by atoms with Crippen molar-refractivity contribution in [1.82, 2.24) is 10.5 Å². The molecule has 1 aromatic heterocycles. The number of nitrogens with zero attached hydrogens (tertiary/aromatic N) is 1. The largest absolute Gasteiger partial charge is 0.496 e. The lowest BCUT2D eigenvalue weighted by Crippen LogP contribution is -2.22. The van der Waals surface area contributed by atoms with E-state index in [2.05, 4.69) is 15.0 Å². The molecule has 1 amide bonds. The van der Waals surface area contributed by atoms with Gasteiger partial charge in [0.25, 0.3) is 5.91 Å². The van der Waals surface area contributed by atoms with Crippen molar-refractivity contribution in [2.24, 2.45) is 0 Å². The molecule has 0 aliphatic carbocycles. The maximum absolute atomic E-state index is 11.6. The van der Waals surface area contributed by atoms with Crippen molar-refractivity contribution in [2.45, 2.75) is 6.54 Å². The summed E-state index contributed by atoms with van der Waals surface area (Å²) in [5.41, 5.74) is 1.32. The van der Waals surface area contributed by atoms with Crippen LogP contribution in [0.5, 0.6) is 5.75 Å². The highest BCUT2D eigenvalue weighted by atomic mass is 16.5. The fraction of sp³-hybridized carbons (Fsp3) is 0.167. The number of aromatic nitrogens is 1. The van der Waals surface area contributed by atoms with Crippen molar-refractivity contribution in [2.75, 3.05) is 7.11 Å². The van der Waals surface area contributed by atoms with Gasteiger partial charge in [0.05, 0.1) is 18.9 Å². The van der Waals surface area contributed by atoms with E-state index in [1.165, 1.54) is 12.5 Å². The average molecular weight is 232 g/mol. The van der Waals surface area contributed by atoms with Crippen LogP contribution in [0.4, 0.5) is 0 Å². The third-order valence-electron chi connectivity index (χ3n) is 2.33. The maximum Gasteiger partial charge on any atom is 0.256 e. The number of hydrogen-bond donors (Lipinski definition) is 1. The van der Waals surface area contributed by atoms with Crippen LogP contribution in [0.3, 0.4) is 0 Å². The second-order valence-electron chi connectivity index (χ2n) is 3.41. The van der Waals surface area contributed by atoms with Gasteiger partial charge >= 0.3 is 0 Å². The lowest BCUT2D eigenvalue weighted by Gasteiger charge is -2.08. The Bertz CT molecular complexity index is 494. The van der Waals surface area contributed by atoms with Crippen molar-refractivity contribution >= 4 is 5.91 Å². The SMILES string of the molecule is COc1ccccc1CNC(=O)c1cnoc1. The van der Waals surface area contributed by atoms with Gasteiger partial charge in [0, 0.05) is 12.1 Å². The molecule has 0 aliphatic heterocycles. The number of rotatable bonds is 4. The molecule has 2 rings (SSSR count). The summed E-state index contributed by atoms with van der Waals surface area (Å²) in [4.78, 5) is 11.6. The molecule has 88 valence electrons. The first-order valence-electron chi connectivity index (χ1n) is 5.10. The third-order valence-corrected chi connectivity index (χ3v) is 2.33. The Morgan fingerprint density at radius 1 is 1.47 bits per heavy atom. The van der Waals surface area contributed by atoms with Crippen LogP contribution >= 0.6 is 0 Å². The minimum Gasteiger partial charge on any atom is -0.496 e. The molecule has 5 nitrogen and oxygen atoms in total. The van der Waals surface area contributed by atoms with E-state index in [0.29, 0.717) is 12.1 Å². The molecule has 2 aromatic rings. The highest BCUT2D eigenvalue weighted by Gasteiger charge is 2.08. The molecule has 1 aromatic carbocycles. The van der Waals surface area contributed by atoms with Crippen LogP contribution in [0.15, 0.2) is 41.2 Å². The van der Waals surface area contributed by atoms with Crippen molar-refractivity contribution in [3.8, 4) is 5.75 Å². The molecule has 0 saturated carbocycles. The summed E-state index contributed by atoms with van der Waals surface area (Å²) in [5.74, 6) is 0.523. The number of amides is 1. The van der Waals surface area contributed by atoms with Crippen molar-refractivity contribution < 1.29 is 14.1 Å². The number of para-hydroxylation sites is 1. The Morgan fingerprint density at radius 3 is 3.00 bits per heavy atom. The van der Waals surface area contributed by atoms with E-state index in [-0.39, 0.29) is 5.91 Å². The van der Waals surface area contributed by atoms with Gasteiger partial charge in [-0.1, -0.05) is 23.4 Å². The quantitative estimate of drug-likeness (QED) is 0.869. The van der Waals surface area contributed by atoms with E-state index in [0.717, 1.165) is 11.3 Å². The van der Waals surface area contributed by atoms with Crippen LogP contribution < -0.4 is 10.1 Å². The minimum atomic E-state index is -0.225. The lowest BCUT2D eigenvalue weighted by molar-refractivity contribution is 0.0950. The highest BCUT2D eigenvalue weighted by molar-refractivity contribution is 5.93. The Labute approximate surface area is 98.4 Å². The Morgan fingerprint density at radius 2 is 2.29 bits per heavy atom. The van der Waals surface area contributed by atoms with Gasteiger partial charge in [0.1, 0.15) is 12.0 Å². The summed E-state index contributed by atoms with van der Waals surface area (Å²) in [5, 5.41) is 6.23. The van der Waals surface area contributed by atoms with Gasteiger partial charge in [-0.05, 0) is 6.07 Å². The predicted molar refractivity (Wildman–Crippen MR) is 60.7 cm³/mol. The van der Waals surface area contributed by atoms with Gasteiger partial charge in [-0.2, -0.15) is 0 Å². The standard InChI is InChI=1S/C12H12N2O3/c1-16-11-5-3-2-4-9(11)6-13-12(15)10-7-14-17-8-10/h2-5,7-8H,6H2,1H3,(H,13,15). The highest BCUT2D eigenvalue weighted by Crippen LogP contribution is 2.16. The van der Waals surface area contributed by atoms with E-state index in [1.54, 1.807) is 7.11 Å². The summed E-state index contributed by atoms with van der Waals surface area (Å²) in [6.07, 6.45) is 2.68. The molecule has 17 heavy (non-hydrogen) atoms. The molecule has 1 heterocycles. The lowest BCUT2D eigenvalue weighted by atomic mass is 10.2. The Balaban J connectivity index is 2.00. The number of methoxy groups -OCH3 is 1. The van der Waals surface area contributed by atoms with Crippen molar-refractivity contribution in [1.29, 1.82) is 0 Å². The first kappa shape index (κ1) is 11.2. The normalized spacial score (nSPS) is 9.94. The fourth-order valence-corrected chi connectivity index (χ4v) is 1.44. The smallest absolute Gasteiger partial charge is 0.256 e. The van der Waals surface area contributed by atoms with Crippen LogP contribution in [-0.2, 0) is 6.54 Å². The second-order valence-corrected chi connectivity index (χ2v) is 3.41. The van der Waals surface area contributed by atoms with Crippen LogP contribution in [0.2, 0.25) is 0 Å². The van der Waals surface area contributed by atoms with Crippen molar-refractivity contribution in [3.63, 3.8) is 0 Å². The zero-order valence-electron chi connectivity index (χ0n) is 9.34. The number of carbonyl (C=O) groups is 1. The van der Waals surface area contributed by atoms with Gasteiger partial charge in [0.15, 0.2) is 0 Å². The molecule has 0 unspecified atom stereocenters. The number of nitrogens with one attached hydrogen (secondary N) is 1. The summed E-state index contributed by atoms with van der Waals surface area (Å²) >= 11 is 0. The first-order chi connectivity index (χ1) is 8.31. The van der Waals surface area contributed by atoms with E-state index in [1.807, 2.05) is 24.3 Å². The number of benzene rings is 1. The molecule has 0 fully saturated rings. The number of hydrogen-bond acceptors (Lipinski definition) is 4. The van der Waals surface area contributed by atoms with Gasteiger partial charge in [-0.25, -0.2) is 0 Å². The number of ether oxygens (including phenoxy) is 1. The topological polar surface area (TPSA) is 64.4 Å². The summed E-state index contributed by atoms with van der Waals surface area (Å²) in [6.45, 7) is 0.397. The second kappa shape index (κ2) is 5.16. The zero-order valence-corrected chi connectivity index (χ0v) is 9.34. The van der Waals surface area contributed by atoms with E-state index in [9.17, 15) is 4.79 Å². The van der Waals surface area contributed by atoms with Crippen molar-refractivity contribution in [3.05, 3.63) is 47.9 Å². The summed E-state index contributed by atoms with van der Waals surface area (Å²) < 4.78 is 9.78. The molecule has 0 radical (unpaired) electrons. The molecule has 0 spiro atoms. The molecule has 5 heteroatoms. The number of carbonyl (C=O) groups excluding carboxylic acids is 1. The van der Waals surface area contributed by atoms with Crippen LogP contribution in [-0.4, -0.2) is 18.2 Å². The summed E-state index contributed by atoms with van der Waals surface area (Å²) in [7, 11) is 1.60. The van der Waals surface area contributed by atoms with Gasteiger partial charge in [-0.15, -0.1) is 0 Å². The van der Waals surface area contributed by atoms with Crippen LogP contribution in [0.1, 0.15) is 15.9 Å². The van der Waals surface area contributed by atoms with E-state index < -0.39 is 0 Å². The fourth-order valence-electron chi connectivity index (χ4n) is 1.44. The molecular formula is C12H12N2O3. The van der Waals surface area contributed by atoms with Crippen LogP contribution in [0, 0.1) is 0 Å². The molecule has 0 aliphatic rings. The molecule has 0 atom stereocenters. The first-order valence-corrected chi connectivity index (χ1v) is 5.10. The molecular weight excluding hydrogens is 220 g/mol. The maximum atomic E-state index is 11.6. The Hall–Kier alpha value is -2.30. The van der Waals surface area contributed by atoms with Gasteiger partial charge in [-0.3, -0.25) is 4.79 Å². The monoisotopic (exact) mass is 232 g/mol. The minimum absolute atomic E-state index is 0.225. The molecule has 0 bridgehead atoms. The van der Waals surface area contributed by atoms with E-state index in [4.69, 9.17) is 4.74 Å². The zero-order chi connectivity index (χ0) is 12.1.